The maximum absolute atomic E-state index is 13.0. The van der Waals surface area contributed by atoms with Crippen molar-refractivity contribution in [1.82, 2.24) is 0 Å². The van der Waals surface area contributed by atoms with Crippen LogP contribution in [-0.4, -0.2) is 36.4 Å². The third-order valence-corrected chi connectivity index (χ3v) is 8.92. The van der Waals surface area contributed by atoms with Crippen LogP contribution >= 0.6 is 0 Å². The normalized spacial score (nSPS) is 16.8. The van der Waals surface area contributed by atoms with Crippen molar-refractivity contribution in [3.8, 4) is 11.5 Å². The minimum Gasteiger partial charge on any atom is -0.487 e. The minimum absolute atomic E-state index is 0.288. The number of cyclic esters (lactones) is 1. The Morgan fingerprint density at radius 1 is 0.840 bits per heavy atom. The van der Waals surface area contributed by atoms with Crippen LogP contribution in [0, 0.1) is 0 Å². The second-order valence-electron chi connectivity index (χ2n) is 12.9. The van der Waals surface area contributed by atoms with Crippen LogP contribution in [0.4, 0.5) is 0 Å². The predicted octanol–water partition coefficient (Wildman–Crippen LogP) is 9.99. The average molecular weight is 685 g/mol. The van der Waals surface area contributed by atoms with Gasteiger partial charge in [-0.2, -0.15) is 0 Å². The number of unbranched alkanes of at least 4 members (excludes halogenated alkanes) is 7. The number of benzene rings is 2. The topological polar surface area (TPSA) is 97.4 Å². The summed E-state index contributed by atoms with van der Waals surface area (Å²) in [4.78, 5) is 36.8. The van der Waals surface area contributed by atoms with Crippen LogP contribution in [-0.2, 0) is 23.8 Å². The highest BCUT2D eigenvalue weighted by Gasteiger charge is 2.35. The van der Waals surface area contributed by atoms with Crippen molar-refractivity contribution < 1.29 is 38.1 Å². The molecule has 0 N–H and O–H groups in total. The van der Waals surface area contributed by atoms with Crippen LogP contribution < -0.4 is 9.47 Å². The second-order valence-corrected chi connectivity index (χ2v) is 12.9. The quantitative estimate of drug-likeness (QED) is 0.0421. The van der Waals surface area contributed by atoms with Gasteiger partial charge in [-0.15, -0.1) is 0 Å². The molecule has 1 aliphatic carbocycles. The van der Waals surface area contributed by atoms with Gasteiger partial charge in [0.25, 0.3) is 0 Å². The van der Waals surface area contributed by atoms with Crippen LogP contribution in [0.25, 0.3) is 5.57 Å². The van der Waals surface area contributed by atoms with Gasteiger partial charge in [-0.25, -0.2) is 14.4 Å². The molecule has 1 fully saturated rings. The Morgan fingerprint density at radius 2 is 1.50 bits per heavy atom. The van der Waals surface area contributed by atoms with Gasteiger partial charge in [0.2, 0.25) is 6.29 Å². The first-order chi connectivity index (χ1) is 24.3. The fraction of sp³-hybridized carbons (Fsp3) is 0.452. The van der Waals surface area contributed by atoms with Gasteiger partial charge >= 0.3 is 17.9 Å². The number of rotatable bonds is 21. The smallest absolute Gasteiger partial charge is 0.343 e. The summed E-state index contributed by atoms with van der Waals surface area (Å²) in [6.45, 7) is 11.6. The summed E-state index contributed by atoms with van der Waals surface area (Å²) in [6.07, 6.45) is 17.0. The lowest BCUT2D eigenvalue weighted by Gasteiger charge is -2.24. The van der Waals surface area contributed by atoms with Crippen LogP contribution in [0.1, 0.15) is 120 Å². The van der Waals surface area contributed by atoms with Gasteiger partial charge in [0.1, 0.15) is 29.5 Å². The molecule has 0 spiro atoms. The van der Waals surface area contributed by atoms with E-state index in [0.717, 1.165) is 74.3 Å². The lowest BCUT2D eigenvalue weighted by Crippen LogP contribution is -2.31. The number of carbonyl (C=O) groups excluding carboxylic acids is 3. The molecule has 4 rings (SSSR count). The van der Waals surface area contributed by atoms with Crippen LogP contribution in [0.5, 0.6) is 11.5 Å². The molecule has 8 nitrogen and oxygen atoms in total. The molecular weight excluding hydrogens is 632 g/mol. The maximum Gasteiger partial charge on any atom is 0.343 e. The highest BCUT2D eigenvalue weighted by molar-refractivity contribution is 5.91. The van der Waals surface area contributed by atoms with Crippen molar-refractivity contribution in [3.63, 3.8) is 0 Å². The zero-order valence-electron chi connectivity index (χ0n) is 29.7. The van der Waals surface area contributed by atoms with Crippen LogP contribution in [0.2, 0.25) is 0 Å². The summed E-state index contributed by atoms with van der Waals surface area (Å²) < 4.78 is 29.0. The van der Waals surface area contributed by atoms with Crippen molar-refractivity contribution in [2.45, 2.75) is 122 Å². The number of esters is 3. The van der Waals surface area contributed by atoms with E-state index in [2.05, 4.69) is 27.0 Å². The Balaban J connectivity index is 1.30. The molecule has 1 aliphatic heterocycles. The van der Waals surface area contributed by atoms with E-state index in [9.17, 15) is 14.4 Å². The SMILES string of the molecule is C=CC(=O)OC(CCCCCC)OC1=CC=C(c2ccc(OC(=O)c3ccc(OC(CCCCCCC)C4CC(=C)C(=O)O4)cc3)cc2)CC1. The molecule has 268 valence electrons. The van der Waals surface area contributed by atoms with Crippen molar-refractivity contribution in [1.29, 1.82) is 0 Å². The van der Waals surface area contributed by atoms with Gasteiger partial charge in [0.05, 0.1) is 5.56 Å². The highest BCUT2D eigenvalue weighted by atomic mass is 16.7. The summed E-state index contributed by atoms with van der Waals surface area (Å²) in [6, 6.07) is 14.3. The molecule has 2 aliphatic rings. The first kappa shape index (κ1) is 38.2. The van der Waals surface area contributed by atoms with Gasteiger partial charge in [-0.05, 0) is 79.3 Å². The molecule has 0 bridgehead atoms. The standard InChI is InChI=1S/C42H52O8/c1-5-8-10-12-13-15-37(38-29-30(4)41(44)49-38)46-34-27-21-33(22-28-34)42(45)48-36-25-19-32(20-26-36)31-17-23-35(24-18-31)47-40(50-39(43)7-3)16-14-11-9-6-2/h7,17,19-23,25-28,37-38,40H,3-6,8-16,18,24,29H2,1-2H3. The first-order valence-corrected chi connectivity index (χ1v) is 18.2. The Labute approximate surface area is 297 Å². The van der Waals surface area contributed by atoms with Crippen molar-refractivity contribution in [2.75, 3.05) is 0 Å². The molecule has 2 aromatic carbocycles. The van der Waals surface area contributed by atoms with Gasteiger partial charge < -0.3 is 23.7 Å². The number of carbonyl (C=O) groups is 3. The summed E-state index contributed by atoms with van der Waals surface area (Å²) in [5, 5.41) is 0. The van der Waals surface area contributed by atoms with E-state index < -0.39 is 18.2 Å². The van der Waals surface area contributed by atoms with Gasteiger partial charge in [0.15, 0.2) is 0 Å². The largest absolute Gasteiger partial charge is 0.487 e. The van der Waals surface area contributed by atoms with E-state index in [4.69, 9.17) is 23.7 Å². The van der Waals surface area contributed by atoms with Gasteiger partial charge in [0, 0.05) is 30.9 Å². The first-order valence-electron chi connectivity index (χ1n) is 18.2. The Kier molecular flexibility index (Phi) is 15.4. The molecule has 1 heterocycles. The van der Waals surface area contributed by atoms with Crippen molar-refractivity contribution in [3.05, 3.63) is 102 Å². The zero-order valence-corrected chi connectivity index (χ0v) is 29.7. The van der Waals surface area contributed by atoms with Crippen molar-refractivity contribution in [2.24, 2.45) is 0 Å². The fourth-order valence-corrected chi connectivity index (χ4v) is 6.00. The number of hydrogen-bond donors (Lipinski definition) is 0. The highest BCUT2D eigenvalue weighted by Crippen LogP contribution is 2.31. The Bertz CT molecular complexity index is 1490. The van der Waals surface area contributed by atoms with E-state index >= 15 is 0 Å². The summed E-state index contributed by atoms with van der Waals surface area (Å²) in [5.41, 5.74) is 3.02. The Morgan fingerprint density at radius 3 is 2.12 bits per heavy atom. The van der Waals surface area contributed by atoms with Crippen molar-refractivity contribution >= 4 is 23.5 Å². The lowest BCUT2D eigenvalue weighted by atomic mass is 9.96. The number of allylic oxidation sites excluding steroid dienone is 4. The summed E-state index contributed by atoms with van der Waals surface area (Å²) in [5.74, 6) is 0.496. The monoisotopic (exact) mass is 684 g/mol. The summed E-state index contributed by atoms with van der Waals surface area (Å²) >= 11 is 0. The predicted molar refractivity (Wildman–Crippen MR) is 194 cm³/mol. The lowest BCUT2D eigenvalue weighted by molar-refractivity contribution is -0.167. The molecule has 3 atom stereocenters. The number of hydrogen-bond acceptors (Lipinski definition) is 8. The van der Waals surface area contributed by atoms with E-state index in [1.807, 2.05) is 24.3 Å². The molecular formula is C42H52O8. The second kappa shape index (κ2) is 20.2. The van der Waals surface area contributed by atoms with E-state index in [1.165, 1.54) is 19.3 Å². The summed E-state index contributed by atoms with van der Waals surface area (Å²) in [7, 11) is 0. The van der Waals surface area contributed by atoms with Crippen LogP contribution in [0.15, 0.2) is 91.2 Å². The molecule has 0 amide bonds. The molecule has 8 heteroatoms. The Hall–Kier alpha value is -4.59. The average Bonchev–Trinajstić information content (AvgIpc) is 3.47. The fourth-order valence-electron chi connectivity index (χ4n) is 6.00. The van der Waals surface area contributed by atoms with E-state index in [0.29, 0.717) is 41.9 Å². The third kappa shape index (κ3) is 12.1. The molecule has 3 unspecified atom stereocenters. The van der Waals surface area contributed by atoms with Gasteiger partial charge in [-0.1, -0.05) is 90.2 Å². The van der Waals surface area contributed by atoms with Crippen LogP contribution in [0.3, 0.4) is 0 Å². The van der Waals surface area contributed by atoms with Gasteiger partial charge in [-0.3, -0.25) is 0 Å². The van der Waals surface area contributed by atoms with E-state index in [-0.39, 0.29) is 18.2 Å². The number of ether oxygens (including phenoxy) is 5. The van der Waals surface area contributed by atoms with E-state index in [1.54, 1.807) is 36.4 Å². The molecule has 0 aromatic heterocycles. The molecule has 50 heavy (non-hydrogen) atoms. The minimum atomic E-state index is -0.627. The zero-order chi connectivity index (χ0) is 35.7. The molecule has 2 aromatic rings. The molecule has 1 saturated heterocycles. The molecule has 0 radical (unpaired) electrons. The third-order valence-electron chi connectivity index (χ3n) is 8.92. The maximum atomic E-state index is 13.0. The molecule has 0 saturated carbocycles.